The van der Waals surface area contributed by atoms with Gasteiger partial charge < -0.3 is 9.47 Å². The molecule has 0 aliphatic carbocycles. The highest BCUT2D eigenvalue weighted by atomic mass is 16.6. The fourth-order valence-electron chi connectivity index (χ4n) is 0.841. The van der Waals surface area contributed by atoms with E-state index in [-0.39, 0.29) is 12.1 Å². The smallest absolute Gasteiger partial charge is 0.333 e. The Morgan fingerprint density at radius 3 is 2.50 bits per heavy atom. The first-order chi connectivity index (χ1) is 5.43. The van der Waals surface area contributed by atoms with Crippen molar-refractivity contribution in [2.45, 2.75) is 32.5 Å². The molecule has 0 saturated carbocycles. The minimum Gasteiger partial charge on any atom is -0.453 e. The zero-order valence-corrected chi connectivity index (χ0v) is 7.72. The summed E-state index contributed by atoms with van der Waals surface area (Å²) in [4.78, 5) is 11.1. The summed E-state index contributed by atoms with van der Waals surface area (Å²) >= 11 is 0. The minimum atomic E-state index is -0.518. The van der Waals surface area contributed by atoms with Crippen LogP contribution in [-0.4, -0.2) is 24.3 Å². The van der Waals surface area contributed by atoms with Crippen LogP contribution in [0, 0.1) is 0 Å². The molecule has 1 aliphatic heterocycles. The number of ether oxygens (including phenoxy) is 2. The Balaban J connectivity index is 2.48. The summed E-state index contributed by atoms with van der Waals surface area (Å²) in [6.07, 6.45) is 0.0563. The molecule has 3 nitrogen and oxygen atoms in total. The normalized spacial score (nSPS) is 21.8. The van der Waals surface area contributed by atoms with E-state index < -0.39 is 5.60 Å². The molecule has 1 fully saturated rings. The summed E-state index contributed by atoms with van der Waals surface area (Å²) in [6.45, 7) is 9.49. The van der Waals surface area contributed by atoms with Crippen molar-refractivity contribution in [1.29, 1.82) is 0 Å². The Hall–Kier alpha value is -0.830. The van der Waals surface area contributed by atoms with Gasteiger partial charge in [0.2, 0.25) is 0 Å². The predicted octanol–water partition coefficient (Wildman–Crippen LogP) is 1.28. The number of hydrogen-bond acceptors (Lipinski definition) is 3. The SMILES string of the molecule is C=C(C)C(=O)OC(C)(C)C1CO1. The highest BCUT2D eigenvalue weighted by Crippen LogP contribution is 2.27. The number of carbonyl (C=O) groups excluding carboxylic acids is 1. The lowest BCUT2D eigenvalue weighted by molar-refractivity contribution is -0.153. The third-order valence-electron chi connectivity index (χ3n) is 1.81. The number of esters is 1. The van der Waals surface area contributed by atoms with Crippen molar-refractivity contribution in [3.63, 3.8) is 0 Å². The van der Waals surface area contributed by atoms with E-state index in [4.69, 9.17) is 9.47 Å². The lowest BCUT2D eigenvalue weighted by Crippen LogP contribution is -2.34. The van der Waals surface area contributed by atoms with Crippen LogP contribution in [0.25, 0.3) is 0 Å². The Kier molecular flexibility index (Phi) is 2.24. The van der Waals surface area contributed by atoms with E-state index in [0.29, 0.717) is 12.2 Å². The van der Waals surface area contributed by atoms with E-state index in [9.17, 15) is 4.79 Å². The highest BCUT2D eigenvalue weighted by Gasteiger charge is 2.42. The van der Waals surface area contributed by atoms with Gasteiger partial charge in [-0.3, -0.25) is 0 Å². The number of hydrogen-bond donors (Lipinski definition) is 0. The molecule has 1 saturated heterocycles. The number of carbonyl (C=O) groups is 1. The van der Waals surface area contributed by atoms with E-state index in [1.165, 1.54) is 0 Å². The lowest BCUT2D eigenvalue weighted by atomic mass is 10.1. The third-order valence-corrected chi connectivity index (χ3v) is 1.81. The summed E-state index contributed by atoms with van der Waals surface area (Å²) in [6, 6.07) is 0. The van der Waals surface area contributed by atoms with Crippen LogP contribution in [0.2, 0.25) is 0 Å². The lowest BCUT2D eigenvalue weighted by Gasteiger charge is -2.22. The van der Waals surface area contributed by atoms with Crippen LogP contribution >= 0.6 is 0 Å². The molecule has 0 amide bonds. The average molecular weight is 170 g/mol. The molecular formula is C9H14O3. The predicted molar refractivity (Wildman–Crippen MR) is 44.7 cm³/mol. The standard InChI is InChI=1S/C9H14O3/c1-6(2)8(10)12-9(3,4)7-5-11-7/h7H,1,5H2,2-4H3. The van der Waals surface area contributed by atoms with Crippen LogP contribution in [0.1, 0.15) is 20.8 Å². The van der Waals surface area contributed by atoms with Crippen LogP contribution in [0.15, 0.2) is 12.2 Å². The fourth-order valence-corrected chi connectivity index (χ4v) is 0.841. The number of rotatable bonds is 3. The van der Waals surface area contributed by atoms with Crippen molar-refractivity contribution >= 4 is 5.97 Å². The Morgan fingerprint density at radius 2 is 2.17 bits per heavy atom. The van der Waals surface area contributed by atoms with Crippen molar-refractivity contribution in [1.82, 2.24) is 0 Å². The van der Waals surface area contributed by atoms with Gasteiger partial charge in [-0.05, 0) is 20.8 Å². The van der Waals surface area contributed by atoms with Crippen molar-refractivity contribution in [2.24, 2.45) is 0 Å². The van der Waals surface area contributed by atoms with Gasteiger partial charge in [0.05, 0.1) is 6.61 Å². The summed E-state index contributed by atoms with van der Waals surface area (Å²) in [7, 11) is 0. The third kappa shape index (κ3) is 2.08. The van der Waals surface area contributed by atoms with E-state index in [1.807, 2.05) is 13.8 Å². The molecule has 1 atom stereocenters. The maximum Gasteiger partial charge on any atom is 0.333 e. The molecule has 1 heterocycles. The average Bonchev–Trinajstić information content (AvgIpc) is 2.65. The van der Waals surface area contributed by atoms with Gasteiger partial charge in [-0.2, -0.15) is 0 Å². The molecule has 0 N–H and O–H groups in total. The van der Waals surface area contributed by atoms with E-state index >= 15 is 0 Å². The topological polar surface area (TPSA) is 38.8 Å². The monoisotopic (exact) mass is 170 g/mol. The first-order valence-corrected chi connectivity index (χ1v) is 3.94. The Morgan fingerprint density at radius 1 is 1.67 bits per heavy atom. The first kappa shape index (κ1) is 9.26. The molecule has 0 aromatic carbocycles. The number of epoxide rings is 1. The van der Waals surface area contributed by atoms with Crippen molar-refractivity contribution < 1.29 is 14.3 Å². The zero-order chi connectivity index (χ0) is 9.35. The van der Waals surface area contributed by atoms with Gasteiger partial charge in [0, 0.05) is 5.57 Å². The van der Waals surface area contributed by atoms with Gasteiger partial charge >= 0.3 is 5.97 Å². The molecule has 1 unspecified atom stereocenters. The minimum absolute atomic E-state index is 0.0563. The van der Waals surface area contributed by atoms with Crippen LogP contribution in [0.5, 0.6) is 0 Å². The Labute approximate surface area is 72.4 Å². The van der Waals surface area contributed by atoms with Gasteiger partial charge in [-0.1, -0.05) is 6.58 Å². The van der Waals surface area contributed by atoms with Gasteiger partial charge in [-0.15, -0.1) is 0 Å². The van der Waals surface area contributed by atoms with Crippen molar-refractivity contribution in [2.75, 3.05) is 6.61 Å². The van der Waals surface area contributed by atoms with E-state index in [0.717, 1.165) is 0 Å². The summed E-state index contributed by atoms with van der Waals surface area (Å²) in [5.41, 5.74) is -0.0977. The van der Waals surface area contributed by atoms with Crippen molar-refractivity contribution in [3.05, 3.63) is 12.2 Å². The Bertz CT molecular complexity index is 214. The summed E-state index contributed by atoms with van der Waals surface area (Å²) in [5.74, 6) is -0.351. The van der Waals surface area contributed by atoms with E-state index in [1.54, 1.807) is 6.92 Å². The molecule has 1 aliphatic rings. The molecule has 3 heteroatoms. The first-order valence-electron chi connectivity index (χ1n) is 3.94. The maximum absolute atomic E-state index is 11.1. The quantitative estimate of drug-likeness (QED) is 0.364. The second-order valence-electron chi connectivity index (χ2n) is 3.60. The van der Waals surface area contributed by atoms with Crippen molar-refractivity contribution in [3.8, 4) is 0 Å². The second-order valence-corrected chi connectivity index (χ2v) is 3.60. The van der Waals surface area contributed by atoms with Gasteiger partial charge in [0.15, 0.2) is 0 Å². The van der Waals surface area contributed by atoms with Crippen LogP contribution in [0.4, 0.5) is 0 Å². The van der Waals surface area contributed by atoms with Gasteiger partial charge in [0.25, 0.3) is 0 Å². The largest absolute Gasteiger partial charge is 0.453 e. The molecule has 0 aromatic heterocycles. The molecule has 0 bridgehead atoms. The zero-order valence-electron chi connectivity index (χ0n) is 7.72. The van der Waals surface area contributed by atoms with Crippen LogP contribution < -0.4 is 0 Å². The van der Waals surface area contributed by atoms with Gasteiger partial charge in [0.1, 0.15) is 11.7 Å². The second kappa shape index (κ2) is 2.90. The maximum atomic E-state index is 11.1. The van der Waals surface area contributed by atoms with Gasteiger partial charge in [-0.25, -0.2) is 4.79 Å². The summed E-state index contributed by atoms with van der Waals surface area (Å²) in [5, 5.41) is 0. The van der Waals surface area contributed by atoms with E-state index in [2.05, 4.69) is 6.58 Å². The molecule has 0 spiro atoms. The molecule has 1 rings (SSSR count). The molecular weight excluding hydrogens is 156 g/mol. The molecule has 0 radical (unpaired) electrons. The fraction of sp³-hybridized carbons (Fsp3) is 0.667. The molecule has 12 heavy (non-hydrogen) atoms. The molecule has 0 aromatic rings. The highest BCUT2D eigenvalue weighted by molar-refractivity contribution is 5.87. The summed E-state index contributed by atoms with van der Waals surface area (Å²) < 4.78 is 10.2. The molecule has 68 valence electrons. The van der Waals surface area contributed by atoms with Crippen LogP contribution in [-0.2, 0) is 14.3 Å². The van der Waals surface area contributed by atoms with Crippen LogP contribution in [0.3, 0.4) is 0 Å².